The highest BCUT2D eigenvalue weighted by molar-refractivity contribution is 5.94. The Bertz CT molecular complexity index is 739. The number of carbonyl (C=O) groups excluding carboxylic acids is 3. The zero-order chi connectivity index (χ0) is 25.7. The Balaban J connectivity index is 5.13. The molecule has 0 fully saturated rings. The van der Waals surface area contributed by atoms with Crippen LogP contribution in [0.1, 0.15) is 33.1 Å². The Morgan fingerprint density at radius 2 is 1.48 bits per heavy atom. The summed E-state index contributed by atoms with van der Waals surface area (Å²) in [6.45, 7) is 2.45. The van der Waals surface area contributed by atoms with Crippen molar-refractivity contribution in [1.82, 2.24) is 16.0 Å². The minimum atomic E-state index is -1.51. The molecule has 4 atom stereocenters. The van der Waals surface area contributed by atoms with Crippen LogP contribution in [-0.4, -0.2) is 88.3 Å². The van der Waals surface area contributed by atoms with Gasteiger partial charge in [-0.2, -0.15) is 0 Å². The van der Waals surface area contributed by atoms with Crippen LogP contribution in [0.2, 0.25) is 0 Å². The summed E-state index contributed by atoms with van der Waals surface area (Å²) in [5, 5.41) is 34.3. The van der Waals surface area contributed by atoms with E-state index in [-0.39, 0.29) is 25.3 Å². The Morgan fingerprint density at radius 1 is 0.909 bits per heavy atom. The van der Waals surface area contributed by atoms with Gasteiger partial charge in [-0.3, -0.25) is 24.2 Å². The van der Waals surface area contributed by atoms with Gasteiger partial charge in [-0.05, 0) is 18.8 Å². The fourth-order valence-corrected chi connectivity index (χ4v) is 2.56. The zero-order valence-electron chi connectivity index (χ0n) is 18.5. The number of aliphatic imine (C=N–C) groups is 1. The van der Waals surface area contributed by atoms with Gasteiger partial charge in [0, 0.05) is 6.54 Å². The van der Waals surface area contributed by atoms with E-state index >= 15 is 0 Å². The van der Waals surface area contributed by atoms with E-state index in [9.17, 15) is 34.2 Å². The average Bonchev–Trinajstić information content (AvgIpc) is 2.70. The van der Waals surface area contributed by atoms with Crippen molar-refractivity contribution in [2.45, 2.75) is 57.3 Å². The lowest BCUT2D eigenvalue weighted by Crippen LogP contribution is -2.59. The fraction of sp³-hybridized carbons (Fsp3) is 0.667. The molecular weight excluding hydrogens is 442 g/mol. The van der Waals surface area contributed by atoms with Crippen LogP contribution >= 0.6 is 0 Å². The van der Waals surface area contributed by atoms with Gasteiger partial charge < -0.3 is 48.5 Å². The van der Waals surface area contributed by atoms with E-state index in [0.717, 1.165) is 0 Å². The summed E-state index contributed by atoms with van der Waals surface area (Å²) in [7, 11) is 0. The first kappa shape index (κ1) is 29.5. The molecule has 4 unspecified atom stereocenters. The van der Waals surface area contributed by atoms with Gasteiger partial charge in [-0.25, -0.2) is 4.79 Å². The molecule has 15 heteroatoms. The molecule has 0 aliphatic carbocycles. The van der Waals surface area contributed by atoms with Crippen LogP contribution in [0.25, 0.3) is 0 Å². The summed E-state index contributed by atoms with van der Waals surface area (Å²) in [5.41, 5.74) is 15.8. The molecule has 0 saturated carbocycles. The SMILES string of the molecule is CC(C)C(NC(=O)C(N)CC(=O)O)C(=O)NC(CO)C(=O)NC(CCCN=C(N)N)C(=O)O. The Labute approximate surface area is 190 Å². The third kappa shape index (κ3) is 11.6. The summed E-state index contributed by atoms with van der Waals surface area (Å²) in [6.07, 6.45) is -0.431. The lowest BCUT2D eigenvalue weighted by molar-refractivity contribution is -0.142. The van der Waals surface area contributed by atoms with Crippen molar-refractivity contribution in [1.29, 1.82) is 0 Å². The van der Waals surface area contributed by atoms with E-state index in [1.54, 1.807) is 13.8 Å². The third-order valence-electron chi connectivity index (χ3n) is 4.35. The van der Waals surface area contributed by atoms with Gasteiger partial charge >= 0.3 is 11.9 Å². The number of guanidine groups is 1. The first-order valence-corrected chi connectivity index (χ1v) is 10.1. The highest BCUT2D eigenvalue weighted by atomic mass is 16.4. The van der Waals surface area contributed by atoms with E-state index in [4.69, 9.17) is 22.3 Å². The molecule has 0 spiro atoms. The Kier molecular flexibility index (Phi) is 13.0. The van der Waals surface area contributed by atoms with Gasteiger partial charge in [0.1, 0.15) is 18.1 Å². The first-order valence-electron chi connectivity index (χ1n) is 10.1. The van der Waals surface area contributed by atoms with E-state index in [2.05, 4.69) is 20.9 Å². The molecule has 188 valence electrons. The smallest absolute Gasteiger partial charge is 0.326 e. The van der Waals surface area contributed by atoms with Crippen molar-refractivity contribution in [2.24, 2.45) is 28.1 Å². The van der Waals surface area contributed by atoms with E-state index in [0.29, 0.717) is 0 Å². The lowest BCUT2D eigenvalue weighted by Gasteiger charge is -2.26. The van der Waals surface area contributed by atoms with Gasteiger partial charge in [-0.1, -0.05) is 13.8 Å². The number of aliphatic hydroxyl groups is 1. The van der Waals surface area contributed by atoms with E-state index < -0.39 is 72.8 Å². The van der Waals surface area contributed by atoms with Crippen LogP contribution in [0, 0.1) is 5.92 Å². The van der Waals surface area contributed by atoms with Crippen molar-refractivity contribution < 1.29 is 39.3 Å². The number of carboxylic acids is 2. The van der Waals surface area contributed by atoms with Gasteiger partial charge in [0.25, 0.3) is 0 Å². The molecule has 0 radical (unpaired) electrons. The molecule has 33 heavy (non-hydrogen) atoms. The van der Waals surface area contributed by atoms with Gasteiger partial charge in [-0.15, -0.1) is 0 Å². The van der Waals surface area contributed by atoms with Crippen molar-refractivity contribution in [2.75, 3.05) is 13.2 Å². The number of aliphatic carboxylic acids is 2. The second kappa shape index (κ2) is 14.6. The molecule has 0 aliphatic rings. The molecule has 0 aliphatic heterocycles. The Hall–Kier alpha value is -3.46. The zero-order valence-corrected chi connectivity index (χ0v) is 18.5. The maximum atomic E-state index is 12.6. The van der Waals surface area contributed by atoms with Crippen LogP contribution in [0.15, 0.2) is 4.99 Å². The second-order valence-electron chi connectivity index (χ2n) is 7.53. The number of nitrogens with one attached hydrogen (secondary N) is 3. The van der Waals surface area contributed by atoms with Crippen LogP contribution in [0.4, 0.5) is 0 Å². The van der Waals surface area contributed by atoms with Crippen molar-refractivity contribution in [3.05, 3.63) is 0 Å². The monoisotopic (exact) mass is 475 g/mol. The molecule has 0 aromatic heterocycles. The average molecular weight is 476 g/mol. The van der Waals surface area contributed by atoms with Crippen LogP contribution < -0.4 is 33.2 Å². The minimum Gasteiger partial charge on any atom is -0.481 e. The maximum Gasteiger partial charge on any atom is 0.326 e. The van der Waals surface area contributed by atoms with Crippen molar-refractivity contribution >= 4 is 35.6 Å². The molecule has 0 bridgehead atoms. The standard InChI is InChI=1S/C18H33N7O8/c1-8(2)13(25-14(29)9(19)6-12(27)28)16(31)24-11(7-26)15(30)23-10(17(32)33)4-3-5-22-18(20)21/h8-11,13,26H,3-7,19H2,1-2H3,(H,23,30)(H,24,31)(H,25,29)(H,27,28)(H,32,33)(H4,20,21,22). The first-order chi connectivity index (χ1) is 15.3. The molecule has 12 N–H and O–H groups in total. The molecule has 0 aromatic rings. The minimum absolute atomic E-state index is 0.0178. The highest BCUT2D eigenvalue weighted by Crippen LogP contribution is 2.05. The number of carbonyl (C=O) groups is 5. The molecule has 0 saturated heterocycles. The topological polar surface area (TPSA) is 273 Å². The van der Waals surface area contributed by atoms with Crippen LogP contribution in [-0.2, 0) is 24.0 Å². The summed E-state index contributed by atoms with van der Waals surface area (Å²) < 4.78 is 0. The summed E-state index contributed by atoms with van der Waals surface area (Å²) >= 11 is 0. The molecule has 0 rings (SSSR count). The largest absolute Gasteiger partial charge is 0.481 e. The number of hydrogen-bond acceptors (Lipinski definition) is 8. The third-order valence-corrected chi connectivity index (χ3v) is 4.35. The lowest BCUT2D eigenvalue weighted by atomic mass is 10.0. The van der Waals surface area contributed by atoms with E-state index in [1.165, 1.54) is 0 Å². The predicted octanol–water partition coefficient (Wildman–Crippen LogP) is -3.97. The van der Waals surface area contributed by atoms with Gasteiger partial charge in [0.05, 0.1) is 19.1 Å². The van der Waals surface area contributed by atoms with Gasteiger partial charge in [0.15, 0.2) is 5.96 Å². The normalized spacial score (nSPS) is 14.3. The number of aliphatic hydroxyl groups excluding tert-OH is 1. The predicted molar refractivity (Wildman–Crippen MR) is 115 cm³/mol. The Morgan fingerprint density at radius 3 is 1.94 bits per heavy atom. The van der Waals surface area contributed by atoms with E-state index in [1.807, 2.05) is 0 Å². The highest BCUT2D eigenvalue weighted by Gasteiger charge is 2.31. The van der Waals surface area contributed by atoms with Crippen LogP contribution in [0.5, 0.6) is 0 Å². The summed E-state index contributed by atoms with van der Waals surface area (Å²) in [6, 6.07) is -5.44. The number of nitrogens with zero attached hydrogens (tertiary/aromatic N) is 1. The number of carboxylic acid groups (broad SMARTS) is 2. The molecular formula is C18H33N7O8. The summed E-state index contributed by atoms with van der Waals surface area (Å²) in [4.78, 5) is 62.9. The number of rotatable bonds is 15. The number of amides is 3. The number of nitrogens with two attached hydrogens (primary N) is 3. The quantitative estimate of drug-likeness (QED) is 0.0625. The van der Waals surface area contributed by atoms with Crippen LogP contribution in [0.3, 0.4) is 0 Å². The molecule has 3 amide bonds. The fourth-order valence-electron chi connectivity index (χ4n) is 2.56. The van der Waals surface area contributed by atoms with Gasteiger partial charge in [0.2, 0.25) is 17.7 Å². The maximum absolute atomic E-state index is 12.6. The number of hydrogen-bond donors (Lipinski definition) is 9. The van der Waals surface area contributed by atoms with Crippen molar-refractivity contribution in [3.63, 3.8) is 0 Å². The second-order valence-corrected chi connectivity index (χ2v) is 7.53. The molecule has 15 nitrogen and oxygen atoms in total. The molecule has 0 aromatic carbocycles. The molecule has 0 heterocycles. The summed E-state index contributed by atoms with van der Waals surface area (Å²) in [5.74, 6) is -5.99. The van der Waals surface area contributed by atoms with Crippen molar-refractivity contribution in [3.8, 4) is 0 Å².